The van der Waals surface area contributed by atoms with Gasteiger partial charge in [-0.25, -0.2) is 0 Å². The Kier molecular flexibility index (Phi) is 4.89. The molecule has 3 nitrogen and oxygen atoms in total. The minimum atomic E-state index is -4.43. The second kappa shape index (κ2) is 5.97. The number of halogens is 3. The molecule has 2 N–H and O–H groups in total. The first-order valence-electron chi connectivity index (χ1n) is 5.25. The lowest BCUT2D eigenvalue weighted by atomic mass is 10.2. The maximum Gasteiger partial charge on any atom is 0.416 e. The molecule has 0 fully saturated rings. The quantitative estimate of drug-likeness (QED) is 0.866. The molecule has 2 unspecified atom stereocenters. The van der Waals surface area contributed by atoms with Crippen molar-refractivity contribution in [3.63, 3.8) is 0 Å². The van der Waals surface area contributed by atoms with Gasteiger partial charge in [-0.05, 0) is 19.1 Å². The van der Waals surface area contributed by atoms with Gasteiger partial charge in [0.1, 0.15) is 0 Å². The molecule has 0 aliphatic rings. The van der Waals surface area contributed by atoms with Crippen LogP contribution in [0, 0.1) is 0 Å². The molecule has 2 atom stereocenters. The topological polar surface area (TPSA) is 48.1 Å². The van der Waals surface area contributed by atoms with Crippen LogP contribution in [0.1, 0.15) is 12.6 Å². The largest absolute Gasteiger partial charge is 0.416 e. The number of nitrogens with zero attached hydrogens (tertiary/aromatic N) is 1. The van der Waals surface area contributed by atoms with Crippen molar-refractivity contribution in [3.05, 3.63) is 30.1 Å². The molecule has 0 amide bonds. The summed E-state index contributed by atoms with van der Waals surface area (Å²) >= 11 is 0. The van der Waals surface area contributed by atoms with Gasteiger partial charge >= 0.3 is 6.18 Å². The highest BCUT2D eigenvalue weighted by Crippen LogP contribution is 2.24. The summed E-state index contributed by atoms with van der Waals surface area (Å²) in [7, 11) is 0. The van der Waals surface area contributed by atoms with Crippen LogP contribution in [0.15, 0.2) is 24.4 Å². The van der Waals surface area contributed by atoms with Gasteiger partial charge in [-0.1, -0.05) is 6.07 Å². The summed E-state index contributed by atoms with van der Waals surface area (Å²) in [5.74, 6) is 0. The molecule has 1 aromatic heterocycles. The molecule has 96 valence electrons. The number of hydrogen-bond donors (Lipinski definition) is 1. The van der Waals surface area contributed by atoms with Gasteiger partial charge in [0.2, 0.25) is 0 Å². The minimum Gasteiger partial charge on any atom is -0.367 e. The van der Waals surface area contributed by atoms with Gasteiger partial charge in [0, 0.05) is 24.4 Å². The summed E-state index contributed by atoms with van der Waals surface area (Å²) in [6.45, 7) is 1.22. The van der Waals surface area contributed by atoms with Crippen LogP contribution in [0.25, 0.3) is 0 Å². The van der Waals surface area contributed by atoms with Crippen LogP contribution in [0.4, 0.5) is 13.2 Å². The zero-order valence-electron chi connectivity index (χ0n) is 9.45. The number of ether oxygens (including phenoxy) is 1. The zero-order chi connectivity index (χ0) is 12.9. The van der Waals surface area contributed by atoms with Crippen LogP contribution in [0.5, 0.6) is 0 Å². The second-order valence-corrected chi connectivity index (χ2v) is 3.76. The molecule has 0 saturated heterocycles. The molecule has 1 rings (SSSR count). The zero-order valence-corrected chi connectivity index (χ0v) is 9.45. The first kappa shape index (κ1) is 13.9. The van der Waals surface area contributed by atoms with Crippen molar-refractivity contribution in [2.45, 2.75) is 31.7 Å². The van der Waals surface area contributed by atoms with E-state index in [0.29, 0.717) is 12.1 Å². The van der Waals surface area contributed by atoms with E-state index in [4.69, 9.17) is 10.5 Å². The molecular formula is C11H15F3N2O. The number of aromatic nitrogens is 1. The first-order chi connectivity index (χ1) is 7.91. The van der Waals surface area contributed by atoms with E-state index in [1.165, 1.54) is 6.92 Å². The van der Waals surface area contributed by atoms with E-state index in [1.807, 2.05) is 0 Å². The van der Waals surface area contributed by atoms with Crippen molar-refractivity contribution in [3.8, 4) is 0 Å². The van der Waals surface area contributed by atoms with E-state index in [-0.39, 0.29) is 6.61 Å². The van der Waals surface area contributed by atoms with E-state index in [9.17, 15) is 13.2 Å². The van der Waals surface area contributed by atoms with Crippen molar-refractivity contribution in [2.75, 3.05) is 6.61 Å². The van der Waals surface area contributed by atoms with Crippen molar-refractivity contribution in [2.24, 2.45) is 5.73 Å². The summed E-state index contributed by atoms with van der Waals surface area (Å²) < 4.78 is 42.2. The third-order valence-corrected chi connectivity index (χ3v) is 2.18. The highest BCUT2D eigenvalue weighted by Gasteiger charge is 2.42. The summed E-state index contributed by atoms with van der Waals surface area (Å²) in [4.78, 5) is 3.99. The standard InChI is InChI=1S/C11H15F3N2O/c1-8(15)10(11(12,13)14)17-7-5-9-4-2-3-6-16-9/h2-4,6,8,10H,5,7,15H2,1H3. The Morgan fingerprint density at radius 3 is 2.59 bits per heavy atom. The maximum absolute atomic E-state index is 12.5. The average Bonchev–Trinajstić information content (AvgIpc) is 2.23. The smallest absolute Gasteiger partial charge is 0.367 e. The summed E-state index contributed by atoms with van der Waals surface area (Å²) in [5, 5.41) is 0. The summed E-state index contributed by atoms with van der Waals surface area (Å²) in [6, 6.07) is 4.16. The Morgan fingerprint density at radius 2 is 2.12 bits per heavy atom. The van der Waals surface area contributed by atoms with E-state index in [0.717, 1.165) is 0 Å². The SMILES string of the molecule is CC(N)C(OCCc1ccccn1)C(F)(F)F. The van der Waals surface area contributed by atoms with Crippen LogP contribution in [0.2, 0.25) is 0 Å². The molecule has 6 heteroatoms. The van der Waals surface area contributed by atoms with Gasteiger partial charge in [0.05, 0.1) is 6.61 Å². The molecule has 0 spiro atoms. The molecule has 1 heterocycles. The average molecular weight is 248 g/mol. The van der Waals surface area contributed by atoms with Gasteiger partial charge in [-0.15, -0.1) is 0 Å². The molecule has 1 aromatic rings. The maximum atomic E-state index is 12.5. The fourth-order valence-electron chi connectivity index (χ4n) is 1.38. The van der Waals surface area contributed by atoms with Crippen molar-refractivity contribution >= 4 is 0 Å². The van der Waals surface area contributed by atoms with Crippen molar-refractivity contribution in [1.82, 2.24) is 4.98 Å². The van der Waals surface area contributed by atoms with E-state index < -0.39 is 18.3 Å². The van der Waals surface area contributed by atoms with Gasteiger partial charge in [-0.2, -0.15) is 13.2 Å². The van der Waals surface area contributed by atoms with Crippen molar-refractivity contribution in [1.29, 1.82) is 0 Å². The van der Waals surface area contributed by atoms with Gasteiger partial charge in [0.25, 0.3) is 0 Å². The number of alkyl halides is 3. The lowest BCUT2D eigenvalue weighted by Crippen LogP contribution is -2.45. The van der Waals surface area contributed by atoms with Gasteiger partial charge in [-0.3, -0.25) is 4.98 Å². The minimum absolute atomic E-state index is 0.0528. The predicted octanol–water partition coefficient (Wildman–Crippen LogP) is 1.92. The van der Waals surface area contributed by atoms with Crippen LogP contribution in [-0.4, -0.2) is 29.9 Å². The fourth-order valence-corrected chi connectivity index (χ4v) is 1.38. The molecule has 0 aromatic carbocycles. The predicted molar refractivity (Wildman–Crippen MR) is 57.4 cm³/mol. The Morgan fingerprint density at radius 1 is 1.41 bits per heavy atom. The van der Waals surface area contributed by atoms with E-state index in [1.54, 1.807) is 24.4 Å². The number of nitrogens with two attached hydrogens (primary N) is 1. The molecule has 0 saturated carbocycles. The van der Waals surface area contributed by atoms with E-state index >= 15 is 0 Å². The fraction of sp³-hybridized carbons (Fsp3) is 0.545. The number of rotatable bonds is 5. The first-order valence-corrected chi connectivity index (χ1v) is 5.25. The lowest BCUT2D eigenvalue weighted by molar-refractivity contribution is -0.224. The third-order valence-electron chi connectivity index (χ3n) is 2.18. The van der Waals surface area contributed by atoms with Gasteiger partial charge in [0.15, 0.2) is 6.10 Å². The van der Waals surface area contributed by atoms with Crippen LogP contribution < -0.4 is 5.73 Å². The third kappa shape index (κ3) is 4.70. The molecule has 0 aliphatic carbocycles. The number of hydrogen-bond acceptors (Lipinski definition) is 3. The van der Waals surface area contributed by atoms with Gasteiger partial charge < -0.3 is 10.5 Å². The second-order valence-electron chi connectivity index (χ2n) is 3.76. The Balaban J connectivity index is 2.43. The Labute approximate surface area is 97.8 Å². The molecular weight excluding hydrogens is 233 g/mol. The van der Waals surface area contributed by atoms with Crippen LogP contribution >= 0.6 is 0 Å². The summed E-state index contributed by atoms with van der Waals surface area (Å²) in [5.41, 5.74) is 5.93. The Hall–Kier alpha value is -1.14. The molecule has 0 bridgehead atoms. The van der Waals surface area contributed by atoms with Crippen molar-refractivity contribution < 1.29 is 17.9 Å². The highest BCUT2D eigenvalue weighted by atomic mass is 19.4. The number of pyridine rings is 1. The van der Waals surface area contributed by atoms with Crippen LogP contribution in [0.3, 0.4) is 0 Å². The molecule has 0 aliphatic heterocycles. The monoisotopic (exact) mass is 248 g/mol. The Bertz CT molecular complexity index is 327. The van der Waals surface area contributed by atoms with E-state index in [2.05, 4.69) is 4.98 Å². The lowest BCUT2D eigenvalue weighted by Gasteiger charge is -2.23. The van der Waals surface area contributed by atoms with Crippen LogP contribution in [-0.2, 0) is 11.2 Å². The highest BCUT2D eigenvalue weighted by molar-refractivity contribution is 5.03. The molecule has 17 heavy (non-hydrogen) atoms. The molecule has 0 radical (unpaired) electrons. The normalized spacial score (nSPS) is 15.6. The summed E-state index contributed by atoms with van der Waals surface area (Å²) in [6.07, 6.45) is -4.44.